The van der Waals surface area contributed by atoms with Crippen LogP contribution in [0.2, 0.25) is 5.02 Å². The van der Waals surface area contributed by atoms with Crippen molar-refractivity contribution in [3.8, 4) is 0 Å². The van der Waals surface area contributed by atoms with Gasteiger partial charge in [0, 0.05) is 11.6 Å². The maximum Gasteiger partial charge on any atom is 0.0464 e. The van der Waals surface area contributed by atoms with Crippen LogP contribution in [0.15, 0.2) is 18.2 Å². The molecule has 0 aliphatic rings. The Balaban J connectivity index is 3.06. The van der Waals surface area contributed by atoms with E-state index < -0.39 is 0 Å². The lowest BCUT2D eigenvalue weighted by Crippen LogP contribution is -1.92. The fourth-order valence-corrected chi connectivity index (χ4v) is 1.39. The average molecular weight is 196 g/mol. The topological polar surface area (TPSA) is 26.0 Å². The Hall–Kier alpha value is -0.790. The van der Waals surface area contributed by atoms with Crippen molar-refractivity contribution < 1.29 is 0 Å². The standard InChI is InChI=1S/C11H14ClN/c1-8-6-10(4-3-5-13)7-9(2)11(8)12/h3-4,6-7H,5,13H2,1-2H3. The second-order valence-electron chi connectivity index (χ2n) is 3.11. The third-order valence-corrected chi connectivity index (χ3v) is 2.50. The molecule has 0 spiro atoms. The van der Waals surface area contributed by atoms with Gasteiger partial charge in [0.1, 0.15) is 0 Å². The zero-order chi connectivity index (χ0) is 9.84. The molecule has 0 radical (unpaired) electrons. The van der Waals surface area contributed by atoms with Gasteiger partial charge in [-0.05, 0) is 30.5 Å². The highest BCUT2D eigenvalue weighted by atomic mass is 35.5. The van der Waals surface area contributed by atoms with Crippen molar-refractivity contribution in [3.05, 3.63) is 39.9 Å². The number of benzene rings is 1. The summed E-state index contributed by atoms with van der Waals surface area (Å²) < 4.78 is 0. The molecule has 0 saturated carbocycles. The summed E-state index contributed by atoms with van der Waals surface area (Å²) in [6.45, 7) is 4.59. The van der Waals surface area contributed by atoms with E-state index in [1.807, 2.05) is 26.0 Å². The van der Waals surface area contributed by atoms with Gasteiger partial charge in [-0.2, -0.15) is 0 Å². The van der Waals surface area contributed by atoms with Crippen molar-refractivity contribution in [3.63, 3.8) is 0 Å². The maximum atomic E-state index is 6.03. The van der Waals surface area contributed by atoms with Crippen molar-refractivity contribution in [2.24, 2.45) is 5.73 Å². The van der Waals surface area contributed by atoms with E-state index in [0.29, 0.717) is 6.54 Å². The van der Waals surface area contributed by atoms with E-state index in [0.717, 1.165) is 21.7 Å². The Morgan fingerprint density at radius 2 is 1.85 bits per heavy atom. The molecule has 0 aliphatic carbocycles. The van der Waals surface area contributed by atoms with Crippen LogP contribution >= 0.6 is 11.6 Å². The Morgan fingerprint density at radius 3 is 2.31 bits per heavy atom. The molecule has 13 heavy (non-hydrogen) atoms. The number of hydrogen-bond donors (Lipinski definition) is 1. The molecule has 0 amide bonds. The van der Waals surface area contributed by atoms with Crippen LogP contribution in [-0.2, 0) is 0 Å². The molecule has 0 aliphatic heterocycles. The van der Waals surface area contributed by atoms with E-state index in [9.17, 15) is 0 Å². The molecule has 0 bridgehead atoms. The fraction of sp³-hybridized carbons (Fsp3) is 0.273. The minimum atomic E-state index is 0.570. The summed E-state index contributed by atoms with van der Waals surface area (Å²) in [6, 6.07) is 4.11. The van der Waals surface area contributed by atoms with E-state index in [2.05, 4.69) is 12.1 Å². The zero-order valence-corrected chi connectivity index (χ0v) is 8.73. The third-order valence-electron chi connectivity index (χ3n) is 1.91. The highest BCUT2D eigenvalue weighted by Crippen LogP contribution is 2.22. The van der Waals surface area contributed by atoms with Gasteiger partial charge in [-0.1, -0.05) is 35.9 Å². The molecule has 2 heteroatoms. The maximum absolute atomic E-state index is 6.03. The monoisotopic (exact) mass is 195 g/mol. The number of aryl methyl sites for hydroxylation is 2. The van der Waals surface area contributed by atoms with Crippen LogP contribution in [0.1, 0.15) is 16.7 Å². The second kappa shape index (κ2) is 4.45. The number of hydrogen-bond acceptors (Lipinski definition) is 1. The van der Waals surface area contributed by atoms with Crippen LogP contribution in [0.25, 0.3) is 6.08 Å². The lowest BCUT2D eigenvalue weighted by molar-refractivity contribution is 1.26. The van der Waals surface area contributed by atoms with Crippen molar-refractivity contribution in [1.82, 2.24) is 0 Å². The minimum Gasteiger partial charge on any atom is -0.327 e. The van der Waals surface area contributed by atoms with E-state index >= 15 is 0 Å². The molecule has 70 valence electrons. The highest BCUT2D eigenvalue weighted by Gasteiger charge is 1.99. The molecule has 0 unspecified atom stereocenters. The molecule has 1 rings (SSSR count). The van der Waals surface area contributed by atoms with Crippen LogP contribution in [0.3, 0.4) is 0 Å². The van der Waals surface area contributed by atoms with Crippen LogP contribution in [0.4, 0.5) is 0 Å². The first-order valence-electron chi connectivity index (χ1n) is 4.28. The van der Waals surface area contributed by atoms with Gasteiger partial charge >= 0.3 is 0 Å². The van der Waals surface area contributed by atoms with Gasteiger partial charge in [-0.15, -0.1) is 0 Å². The Kier molecular flexibility index (Phi) is 3.52. The molecule has 1 aromatic carbocycles. The van der Waals surface area contributed by atoms with Gasteiger partial charge < -0.3 is 5.73 Å². The molecule has 2 N–H and O–H groups in total. The molecular weight excluding hydrogens is 182 g/mol. The molecule has 1 aromatic rings. The lowest BCUT2D eigenvalue weighted by Gasteiger charge is -2.03. The van der Waals surface area contributed by atoms with Crippen LogP contribution in [-0.4, -0.2) is 6.54 Å². The summed E-state index contributed by atoms with van der Waals surface area (Å²) in [6.07, 6.45) is 3.94. The molecule has 1 nitrogen and oxygen atoms in total. The summed E-state index contributed by atoms with van der Waals surface area (Å²) in [5.74, 6) is 0. The normalized spacial score (nSPS) is 11.1. The summed E-state index contributed by atoms with van der Waals surface area (Å²) in [4.78, 5) is 0. The van der Waals surface area contributed by atoms with E-state index in [1.54, 1.807) is 0 Å². The van der Waals surface area contributed by atoms with Crippen LogP contribution < -0.4 is 5.73 Å². The van der Waals surface area contributed by atoms with Crippen molar-refractivity contribution in [1.29, 1.82) is 0 Å². The smallest absolute Gasteiger partial charge is 0.0464 e. The van der Waals surface area contributed by atoms with Crippen molar-refractivity contribution >= 4 is 17.7 Å². The van der Waals surface area contributed by atoms with Crippen LogP contribution in [0, 0.1) is 13.8 Å². The average Bonchev–Trinajstić information content (AvgIpc) is 2.10. The first-order valence-corrected chi connectivity index (χ1v) is 4.66. The predicted octanol–water partition coefficient (Wildman–Crippen LogP) is 2.93. The molecule has 0 aromatic heterocycles. The van der Waals surface area contributed by atoms with Gasteiger partial charge in [-0.3, -0.25) is 0 Å². The van der Waals surface area contributed by atoms with E-state index in [-0.39, 0.29) is 0 Å². The van der Waals surface area contributed by atoms with Gasteiger partial charge in [0.25, 0.3) is 0 Å². The quantitative estimate of drug-likeness (QED) is 0.772. The third kappa shape index (κ3) is 2.58. The Labute approximate surface area is 84.2 Å². The number of nitrogens with two attached hydrogens (primary N) is 1. The van der Waals surface area contributed by atoms with Gasteiger partial charge in [-0.25, -0.2) is 0 Å². The predicted molar refractivity (Wildman–Crippen MR) is 59.0 cm³/mol. The first kappa shape index (κ1) is 10.3. The summed E-state index contributed by atoms with van der Waals surface area (Å²) in [5, 5.41) is 0.852. The number of rotatable bonds is 2. The highest BCUT2D eigenvalue weighted by molar-refractivity contribution is 6.32. The van der Waals surface area contributed by atoms with Gasteiger partial charge in [0.2, 0.25) is 0 Å². The Bertz CT molecular complexity index is 306. The zero-order valence-electron chi connectivity index (χ0n) is 7.97. The molecule has 0 fully saturated rings. The lowest BCUT2D eigenvalue weighted by atomic mass is 10.1. The van der Waals surface area contributed by atoms with Crippen molar-refractivity contribution in [2.75, 3.05) is 6.54 Å². The van der Waals surface area contributed by atoms with Crippen LogP contribution in [0.5, 0.6) is 0 Å². The summed E-state index contributed by atoms with van der Waals surface area (Å²) >= 11 is 6.03. The molecular formula is C11H14ClN. The second-order valence-corrected chi connectivity index (χ2v) is 3.48. The SMILES string of the molecule is Cc1cc(C=CCN)cc(C)c1Cl. The molecule has 0 atom stereocenters. The van der Waals surface area contributed by atoms with Gasteiger partial charge in [0.15, 0.2) is 0 Å². The molecule has 0 saturated heterocycles. The Morgan fingerprint density at radius 1 is 1.31 bits per heavy atom. The van der Waals surface area contributed by atoms with Gasteiger partial charge in [0.05, 0.1) is 0 Å². The fourth-order valence-electron chi connectivity index (χ4n) is 1.28. The number of halogens is 1. The minimum absolute atomic E-state index is 0.570. The molecule has 0 heterocycles. The summed E-state index contributed by atoms with van der Waals surface area (Å²) in [7, 11) is 0. The summed E-state index contributed by atoms with van der Waals surface area (Å²) in [5.41, 5.74) is 8.75. The van der Waals surface area contributed by atoms with E-state index in [4.69, 9.17) is 17.3 Å². The largest absolute Gasteiger partial charge is 0.327 e. The van der Waals surface area contributed by atoms with Crippen molar-refractivity contribution in [2.45, 2.75) is 13.8 Å². The first-order chi connectivity index (χ1) is 6.15. The van der Waals surface area contributed by atoms with E-state index in [1.165, 1.54) is 0 Å².